The van der Waals surface area contributed by atoms with Crippen molar-refractivity contribution < 1.29 is 15.0 Å². The SMILES string of the molecule is Cc1ccc(CC[C@H](CO)C(=O)O)cc1/C=C/c1cccc(-c2ccccc2)c1C. The maximum atomic E-state index is 11.1. The number of hydrogen-bond acceptors (Lipinski definition) is 2. The molecule has 0 radical (unpaired) electrons. The van der Waals surface area contributed by atoms with Crippen molar-refractivity contribution in [2.24, 2.45) is 5.92 Å². The van der Waals surface area contributed by atoms with Crippen LogP contribution in [0.2, 0.25) is 0 Å². The second-order valence-corrected chi connectivity index (χ2v) is 7.67. The van der Waals surface area contributed by atoms with E-state index in [1.807, 2.05) is 12.1 Å². The molecular formula is C27H28O3. The van der Waals surface area contributed by atoms with Crippen molar-refractivity contribution >= 4 is 18.1 Å². The molecule has 0 unspecified atom stereocenters. The van der Waals surface area contributed by atoms with Crippen molar-refractivity contribution in [3.63, 3.8) is 0 Å². The first-order chi connectivity index (χ1) is 14.5. The second-order valence-electron chi connectivity index (χ2n) is 7.67. The van der Waals surface area contributed by atoms with E-state index in [1.165, 1.54) is 27.8 Å². The van der Waals surface area contributed by atoms with E-state index < -0.39 is 11.9 Å². The first-order valence-electron chi connectivity index (χ1n) is 10.3. The summed E-state index contributed by atoms with van der Waals surface area (Å²) in [6.45, 7) is 3.89. The van der Waals surface area contributed by atoms with E-state index in [9.17, 15) is 9.90 Å². The second kappa shape index (κ2) is 10.0. The molecule has 2 N–H and O–H groups in total. The molecule has 0 fully saturated rings. The van der Waals surface area contributed by atoms with Gasteiger partial charge < -0.3 is 10.2 Å². The molecule has 154 valence electrons. The Bertz CT molecular complexity index is 1040. The van der Waals surface area contributed by atoms with E-state index >= 15 is 0 Å². The number of aliphatic hydroxyl groups excluding tert-OH is 1. The minimum Gasteiger partial charge on any atom is -0.481 e. The van der Waals surface area contributed by atoms with Crippen LogP contribution in [0.25, 0.3) is 23.3 Å². The highest BCUT2D eigenvalue weighted by Crippen LogP contribution is 2.27. The van der Waals surface area contributed by atoms with Gasteiger partial charge in [0.1, 0.15) is 0 Å². The van der Waals surface area contributed by atoms with Crippen LogP contribution in [0.15, 0.2) is 66.7 Å². The fourth-order valence-electron chi connectivity index (χ4n) is 3.60. The van der Waals surface area contributed by atoms with Crippen LogP contribution in [0.5, 0.6) is 0 Å². The number of benzene rings is 3. The van der Waals surface area contributed by atoms with Crippen LogP contribution in [0.3, 0.4) is 0 Å². The van der Waals surface area contributed by atoms with E-state index in [2.05, 4.69) is 80.6 Å². The molecule has 0 bridgehead atoms. The zero-order valence-electron chi connectivity index (χ0n) is 17.5. The number of aliphatic carboxylic acids is 1. The van der Waals surface area contributed by atoms with Gasteiger partial charge in [0.25, 0.3) is 0 Å². The molecule has 0 aliphatic rings. The summed E-state index contributed by atoms with van der Waals surface area (Å²) >= 11 is 0. The number of carbonyl (C=O) groups is 1. The smallest absolute Gasteiger partial charge is 0.308 e. The molecule has 3 aromatic carbocycles. The van der Waals surface area contributed by atoms with Crippen molar-refractivity contribution in [2.75, 3.05) is 6.61 Å². The van der Waals surface area contributed by atoms with Crippen molar-refractivity contribution in [1.29, 1.82) is 0 Å². The number of hydrogen-bond donors (Lipinski definition) is 2. The molecule has 3 aromatic rings. The maximum Gasteiger partial charge on any atom is 0.308 e. The molecular weight excluding hydrogens is 372 g/mol. The Morgan fingerprint density at radius 3 is 2.37 bits per heavy atom. The van der Waals surface area contributed by atoms with E-state index in [0.29, 0.717) is 12.8 Å². The van der Waals surface area contributed by atoms with Gasteiger partial charge in [0, 0.05) is 0 Å². The monoisotopic (exact) mass is 400 g/mol. The minimum atomic E-state index is -0.946. The summed E-state index contributed by atoms with van der Waals surface area (Å²) in [5.74, 6) is -1.66. The van der Waals surface area contributed by atoms with Gasteiger partial charge in [-0.05, 0) is 65.6 Å². The molecule has 0 spiro atoms. The van der Waals surface area contributed by atoms with Gasteiger partial charge in [-0.2, -0.15) is 0 Å². The average Bonchev–Trinajstić information content (AvgIpc) is 2.75. The predicted molar refractivity (Wildman–Crippen MR) is 123 cm³/mol. The van der Waals surface area contributed by atoms with E-state index in [0.717, 1.165) is 11.1 Å². The van der Waals surface area contributed by atoms with Crippen LogP contribution in [-0.2, 0) is 11.2 Å². The summed E-state index contributed by atoms with van der Waals surface area (Å²) in [5.41, 5.74) is 8.21. The normalized spacial score (nSPS) is 12.2. The highest BCUT2D eigenvalue weighted by Gasteiger charge is 2.15. The summed E-state index contributed by atoms with van der Waals surface area (Å²) in [6.07, 6.45) is 5.32. The molecule has 0 aliphatic heterocycles. The third-order valence-corrected chi connectivity index (χ3v) is 5.60. The number of rotatable bonds is 8. The number of aryl methyl sites for hydroxylation is 2. The van der Waals surface area contributed by atoms with Gasteiger partial charge in [-0.15, -0.1) is 0 Å². The molecule has 0 saturated carbocycles. The van der Waals surface area contributed by atoms with Crippen molar-refractivity contribution in [3.05, 3.63) is 94.5 Å². The zero-order chi connectivity index (χ0) is 21.5. The highest BCUT2D eigenvalue weighted by molar-refractivity contribution is 5.78. The predicted octanol–water partition coefficient (Wildman–Crippen LogP) is 5.77. The van der Waals surface area contributed by atoms with Gasteiger partial charge >= 0.3 is 5.97 Å². The maximum absolute atomic E-state index is 11.1. The Balaban J connectivity index is 1.82. The van der Waals surface area contributed by atoms with E-state index in [-0.39, 0.29) is 6.61 Å². The molecule has 3 nitrogen and oxygen atoms in total. The molecule has 0 saturated heterocycles. The van der Waals surface area contributed by atoms with Crippen LogP contribution in [-0.4, -0.2) is 22.8 Å². The third-order valence-electron chi connectivity index (χ3n) is 5.60. The van der Waals surface area contributed by atoms with Crippen LogP contribution in [0.1, 0.15) is 34.2 Å². The number of carboxylic acids is 1. The zero-order valence-corrected chi connectivity index (χ0v) is 17.5. The van der Waals surface area contributed by atoms with Crippen LogP contribution in [0.4, 0.5) is 0 Å². The quantitative estimate of drug-likeness (QED) is 0.472. The molecule has 0 aliphatic carbocycles. The Morgan fingerprint density at radius 1 is 0.933 bits per heavy atom. The first kappa shape index (κ1) is 21.5. The average molecular weight is 401 g/mol. The Kier molecular flexibility index (Phi) is 7.21. The lowest BCUT2D eigenvalue weighted by Crippen LogP contribution is -2.18. The van der Waals surface area contributed by atoms with Crippen LogP contribution >= 0.6 is 0 Å². The van der Waals surface area contributed by atoms with Gasteiger partial charge in [0.05, 0.1) is 12.5 Å². The summed E-state index contributed by atoms with van der Waals surface area (Å²) in [7, 11) is 0. The van der Waals surface area contributed by atoms with Gasteiger partial charge in [-0.25, -0.2) is 0 Å². The van der Waals surface area contributed by atoms with Gasteiger partial charge in [-0.1, -0.05) is 78.9 Å². The minimum absolute atomic E-state index is 0.328. The van der Waals surface area contributed by atoms with E-state index in [1.54, 1.807) is 0 Å². The van der Waals surface area contributed by atoms with Crippen LogP contribution in [0, 0.1) is 19.8 Å². The van der Waals surface area contributed by atoms with Crippen molar-refractivity contribution in [2.45, 2.75) is 26.7 Å². The molecule has 0 amide bonds. The molecule has 30 heavy (non-hydrogen) atoms. The summed E-state index contributed by atoms with van der Waals surface area (Å²) in [6, 6.07) is 22.9. The Morgan fingerprint density at radius 2 is 1.67 bits per heavy atom. The molecule has 3 heteroatoms. The third kappa shape index (κ3) is 5.25. The Labute approximate surface area is 178 Å². The fourth-order valence-corrected chi connectivity index (χ4v) is 3.60. The summed E-state index contributed by atoms with van der Waals surface area (Å²) in [4.78, 5) is 11.1. The van der Waals surface area contributed by atoms with E-state index in [4.69, 9.17) is 5.11 Å². The molecule has 0 heterocycles. The van der Waals surface area contributed by atoms with Crippen molar-refractivity contribution in [3.8, 4) is 11.1 Å². The molecule has 0 aromatic heterocycles. The van der Waals surface area contributed by atoms with Gasteiger partial charge in [-0.3, -0.25) is 4.79 Å². The Hall–Kier alpha value is -3.17. The topological polar surface area (TPSA) is 57.5 Å². The lowest BCUT2D eigenvalue weighted by Gasteiger charge is -2.11. The highest BCUT2D eigenvalue weighted by atomic mass is 16.4. The number of carboxylic acid groups (broad SMARTS) is 1. The summed E-state index contributed by atoms with van der Waals surface area (Å²) in [5, 5.41) is 18.3. The van der Waals surface area contributed by atoms with Gasteiger partial charge in [0.15, 0.2) is 0 Å². The number of aliphatic hydroxyl groups is 1. The lowest BCUT2D eigenvalue weighted by atomic mass is 9.95. The standard InChI is InChI=1S/C27H28O3/c1-19-11-12-21(13-14-25(18-28)27(29)30)17-24(19)16-15-22-9-6-10-26(20(22)2)23-7-4-3-5-8-23/h3-12,15-17,25,28H,13-14,18H2,1-2H3,(H,29,30)/b16-15+/t25-/m1/s1. The first-order valence-corrected chi connectivity index (χ1v) is 10.3. The van der Waals surface area contributed by atoms with Crippen molar-refractivity contribution in [1.82, 2.24) is 0 Å². The fraction of sp³-hybridized carbons (Fsp3) is 0.222. The largest absolute Gasteiger partial charge is 0.481 e. The lowest BCUT2D eigenvalue weighted by molar-refractivity contribution is -0.143. The molecule has 3 rings (SSSR count). The summed E-state index contributed by atoms with van der Waals surface area (Å²) < 4.78 is 0. The van der Waals surface area contributed by atoms with Gasteiger partial charge in [0.2, 0.25) is 0 Å². The molecule has 1 atom stereocenters. The van der Waals surface area contributed by atoms with Crippen LogP contribution < -0.4 is 0 Å².